The number of para-hydroxylation sites is 2. The van der Waals surface area contributed by atoms with Crippen LogP contribution in [0.4, 0.5) is 17.1 Å². The van der Waals surface area contributed by atoms with Crippen LogP contribution in [0.2, 0.25) is 0 Å². The fraction of sp³-hybridized carbons (Fsp3) is 0.273. The Morgan fingerprint density at radius 1 is 0.944 bits per heavy atom. The molecule has 0 saturated carbocycles. The van der Waals surface area contributed by atoms with Crippen LogP contribution in [0.25, 0.3) is 11.1 Å². The van der Waals surface area contributed by atoms with E-state index in [4.69, 9.17) is 12.6 Å². The second kappa shape index (κ2) is 13.2. The highest BCUT2D eigenvalue weighted by atomic mass is 32.1. The van der Waals surface area contributed by atoms with Crippen molar-refractivity contribution in [2.45, 2.75) is 52.2 Å². The fourth-order valence-corrected chi connectivity index (χ4v) is 4.55. The van der Waals surface area contributed by atoms with Gasteiger partial charge in [0.05, 0.1) is 11.4 Å². The van der Waals surface area contributed by atoms with E-state index in [0.29, 0.717) is 5.92 Å². The van der Waals surface area contributed by atoms with Gasteiger partial charge in [0.25, 0.3) is 0 Å². The number of hydrogen-bond donors (Lipinski definition) is 2. The van der Waals surface area contributed by atoms with Crippen LogP contribution >= 0.6 is 12.6 Å². The van der Waals surface area contributed by atoms with E-state index in [1.54, 1.807) is 0 Å². The standard InChI is InChI=1S/C33H40N2S/c1-7-14-25(5)19-21-35(20-8-2)32-18-13-12-17-31(32)34-33-29(24(3)4)22-28(23-30(33)26(6)36)27-15-10-9-11-16-27/h7,9-19,21-24,26,34,36H,5,8,20H2,1-4,6H3/b14-7-,21-19-. The van der Waals surface area contributed by atoms with Gasteiger partial charge in [0.1, 0.15) is 0 Å². The number of rotatable bonds is 11. The van der Waals surface area contributed by atoms with Gasteiger partial charge in [-0.05, 0) is 84.4 Å². The zero-order valence-electron chi connectivity index (χ0n) is 22.3. The van der Waals surface area contributed by atoms with Crippen LogP contribution in [0.15, 0.2) is 103 Å². The Morgan fingerprint density at radius 2 is 1.61 bits per heavy atom. The summed E-state index contributed by atoms with van der Waals surface area (Å²) in [6.45, 7) is 15.9. The van der Waals surface area contributed by atoms with Crippen molar-refractivity contribution >= 4 is 29.7 Å². The monoisotopic (exact) mass is 496 g/mol. The van der Waals surface area contributed by atoms with Crippen molar-refractivity contribution in [1.82, 2.24) is 0 Å². The van der Waals surface area contributed by atoms with Crippen molar-refractivity contribution in [3.05, 3.63) is 114 Å². The molecule has 0 aliphatic heterocycles. The molecular weight excluding hydrogens is 456 g/mol. The zero-order valence-corrected chi connectivity index (χ0v) is 23.2. The van der Waals surface area contributed by atoms with Crippen LogP contribution in [0.3, 0.4) is 0 Å². The molecule has 1 atom stereocenters. The summed E-state index contributed by atoms with van der Waals surface area (Å²) in [5.41, 5.74) is 9.31. The molecule has 3 aromatic rings. The van der Waals surface area contributed by atoms with Gasteiger partial charge < -0.3 is 10.2 Å². The molecule has 36 heavy (non-hydrogen) atoms. The molecule has 0 aromatic heterocycles. The summed E-state index contributed by atoms with van der Waals surface area (Å²) >= 11 is 4.90. The SMILES string of the molecule is C=C(/C=C\C)/C=C\N(CCC)c1ccccc1Nc1c(C(C)C)cc(-c2ccccc2)cc1C(C)S. The van der Waals surface area contributed by atoms with Gasteiger partial charge in [0.2, 0.25) is 0 Å². The maximum atomic E-state index is 4.90. The van der Waals surface area contributed by atoms with Crippen molar-refractivity contribution in [3.8, 4) is 11.1 Å². The van der Waals surface area contributed by atoms with Crippen LogP contribution in [-0.2, 0) is 0 Å². The molecule has 0 aliphatic rings. The first-order valence-corrected chi connectivity index (χ1v) is 13.4. The van der Waals surface area contributed by atoms with E-state index in [9.17, 15) is 0 Å². The van der Waals surface area contributed by atoms with Gasteiger partial charge in [-0.15, -0.1) is 0 Å². The molecule has 0 spiro atoms. The lowest BCUT2D eigenvalue weighted by Gasteiger charge is -2.27. The molecule has 3 rings (SSSR count). The van der Waals surface area contributed by atoms with Gasteiger partial charge in [0.15, 0.2) is 0 Å². The average molecular weight is 497 g/mol. The van der Waals surface area contributed by atoms with Crippen molar-refractivity contribution in [2.24, 2.45) is 0 Å². The molecule has 0 amide bonds. The lowest BCUT2D eigenvalue weighted by atomic mass is 9.91. The molecule has 0 bridgehead atoms. The zero-order chi connectivity index (χ0) is 26.1. The Bertz CT molecular complexity index is 1180. The van der Waals surface area contributed by atoms with E-state index in [1.165, 1.54) is 22.3 Å². The van der Waals surface area contributed by atoms with Crippen molar-refractivity contribution in [3.63, 3.8) is 0 Å². The van der Waals surface area contributed by atoms with E-state index < -0.39 is 0 Å². The molecule has 3 heteroatoms. The van der Waals surface area contributed by atoms with Crippen LogP contribution in [0.5, 0.6) is 0 Å². The molecule has 0 fully saturated rings. The Kier molecular flexibility index (Phi) is 10.1. The third kappa shape index (κ3) is 6.95. The van der Waals surface area contributed by atoms with Gasteiger partial charge in [-0.3, -0.25) is 0 Å². The van der Waals surface area contributed by atoms with Gasteiger partial charge in [0, 0.05) is 23.7 Å². The van der Waals surface area contributed by atoms with Crippen LogP contribution < -0.4 is 10.2 Å². The smallest absolute Gasteiger partial charge is 0.0645 e. The molecule has 0 saturated heterocycles. The predicted molar refractivity (Wildman–Crippen MR) is 164 cm³/mol. The first kappa shape index (κ1) is 27.4. The number of allylic oxidation sites excluding steroid dienone is 4. The topological polar surface area (TPSA) is 15.3 Å². The highest BCUT2D eigenvalue weighted by molar-refractivity contribution is 7.80. The number of nitrogens with zero attached hydrogens (tertiary/aromatic N) is 1. The summed E-state index contributed by atoms with van der Waals surface area (Å²) in [5, 5.41) is 3.92. The second-order valence-corrected chi connectivity index (χ2v) is 10.2. The Labute approximate surface area is 223 Å². The molecule has 0 radical (unpaired) electrons. The van der Waals surface area contributed by atoms with Crippen molar-refractivity contribution in [2.75, 3.05) is 16.8 Å². The van der Waals surface area contributed by atoms with Gasteiger partial charge >= 0.3 is 0 Å². The number of anilines is 3. The summed E-state index contributed by atoms with van der Waals surface area (Å²) < 4.78 is 0. The van der Waals surface area contributed by atoms with Gasteiger partial charge in [-0.1, -0.05) is 82.0 Å². The van der Waals surface area contributed by atoms with E-state index in [1.807, 2.05) is 19.1 Å². The minimum Gasteiger partial charge on any atom is -0.353 e. The minimum atomic E-state index is 0.0802. The van der Waals surface area contributed by atoms with Crippen LogP contribution in [0.1, 0.15) is 63.3 Å². The van der Waals surface area contributed by atoms with Crippen LogP contribution in [0, 0.1) is 0 Å². The maximum absolute atomic E-state index is 4.90. The normalized spacial score (nSPS) is 12.4. The van der Waals surface area contributed by atoms with Gasteiger partial charge in [-0.25, -0.2) is 0 Å². The number of thiol groups is 1. The Morgan fingerprint density at radius 3 is 2.25 bits per heavy atom. The Balaban J connectivity index is 2.11. The van der Waals surface area contributed by atoms with Crippen molar-refractivity contribution < 1.29 is 0 Å². The summed E-state index contributed by atoms with van der Waals surface area (Å²) in [4.78, 5) is 2.30. The number of benzene rings is 3. The quantitative estimate of drug-likeness (QED) is 0.203. The molecular formula is C33H40N2S. The molecule has 3 aromatic carbocycles. The lowest BCUT2D eigenvalue weighted by Crippen LogP contribution is -2.18. The third-order valence-electron chi connectivity index (χ3n) is 6.17. The molecule has 1 N–H and O–H groups in total. The number of nitrogens with one attached hydrogen (secondary N) is 1. The van der Waals surface area contributed by atoms with E-state index in [-0.39, 0.29) is 5.25 Å². The van der Waals surface area contributed by atoms with E-state index in [2.05, 4.69) is 123 Å². The molecule has 0 heterocycles. The highest BCUT2D eigenvalue weighted by Gasteiger charge is 2.19. The minimum absolute atomic E-state index is 0.0802. The first-order chi connectivity index (χ1) is 17.3. The summed E-state index contributed by atoms with van der Waals surface area (Å²) in [7, 11) is 0. The molecule has 1 unspecified atom stereocenters. The van der Waals surface area contributed by atoms with E-state index in [0.717, 1.165) is 35.6 Å². The lowest BCUT2D eigenvalue weighted by molar-refractivity contribution is 0.864. The summed E-state index contributed by atoms with van der Waals surface area (Å²) in [6.07, 6.45) is 9.28. The van der Waals surface area contributed by atoms with Gasteiger partial charge in [-0.2, -0.15) is 12.6 Å². The third-order valence-corrected chi connectivity index (χ3v) is 6.44. The molecule has 188 valence electrons. The maximum Gasteiger partial charge on any atom is 0.0645 e. The first-order valence-electron chi connectivity index (χ1n) is 12.9. The predicted octanol–water partition coefficient (Wildman–Crippen LogP) is 10.1. The van der Waals surface area contributed by atoms with Crippen LogP contribution in [-0.4, -0.2) is 6.54 Å². The summed E-state index contributed by atoms with van der Waals surface area (Å²) in [6, 6.07) is 23.7. The van der Waals surface area contributed by atoms with Crippen molar-refractivity contribution in [1.29, 1.82) is 0 Å². The largest absolute Gasteiger partial charge is 0.353 e. The van der Waals surface area contributed by atoms with E-state index >= 15 is 0 Å². The molecule has 2 nitrogen and oxygen atoms in total. The highest BCUT2D eigenvalue weighted by Crippen LogP contribution is 2.41. The molecule has 0 aliphatic carbocycles. The number of hydrogen-bond acceptors (Lipinski definition) is 3. The average Bonchev–Trinajstić information content (AvgIpc) is 2.87. The summed E-state index contributed by atoms with van der Waals surface area (Å²) in [5.74, 6) is 0.352. The fourth-order valence-electron chi connectivity index (χ4n) is 4.35. The Hall–Kier alpha value is -3.17. The second-order valence-electron chi connectivity index (χ2n) is 9.45.